The van der Waals surface area contributed by atoms with Crippen LogP contribution in [-0.2, 0) is 6.54 Å². The predicted molar refractivity (Wildman–Crippen MR) is 136 cm³/mol. The minimum absolute atomic E-state index is 0.360. The quantitative estimate of drug-likeness (QED) is 0.327. The molecule has 0 saturated carbocycles. The average Bonchev–Trinajstić information content (AvgIpc) is 3.31. The maximum atomic E-state index is 6.03. The summed E-state index contributed by atoms with van der Waals surface area (Å²) in [6, 6.07) is 13.6. The first-order chi connectivity index (χ1) is 16.0. The Labute approximate surface area is 203 Å². The second-order valence-electron chi connectivity index (χ2n) is 7.72. The first-order valence-electron chi connectivity index (χ1n) is 10.7. The van der Waals surface area contributed by atoms with Gasteiger partial charge in [-0.25, -0.2) is 9.97 Å². The van der Waals surface area contributed by atoms with Gasteiger partial charge in [0.2, 0.25) is 11.9 Å². The molecule has 0 amide bonds. The number of benzene rings is 1. The van der Waals surface area contributed by atoms with Crippen LogP contribution in [0.2, 0.25) is 5.02 Å². The van der Waals surface area contributed by atoms with Crippen molar-refractivity contribution in [3.63, 3.8) is 0 Å². The van der Waals surface area contributed by atoms with Gasteiger partial charge in [-0.1, -0.05) is 11.6 Å². The summed E-state index contributed by atoms with van der Waals surface area (Å²) in [5.74, 6) is 1.91. The summed E-state index contributed by atoms with van der Waals surface area (Å²) >= 11 is 11.5. The highest BCUT2D eigenvalue weighted by Crippen LogP contribution is 2.20. The molecule has 0 spiro atoms. The van der Waals surface area contributed by atoms with Gasteiger partial charge in [0.05, 0.1) is 12.8 Å². The topological polar surface area (TPSA) is 81.8 Å². The largest absolute Gasteiger partial charge is 0.467 e. The summed E-state index contributed by atoms with van der Waals surface area (Å²) in [6.45, 7) is 7.55. The third-order valence-corrected chi connectivity index (χ3v) is 5.67. The molecule has 1 saturated heterocycles. The summed E-state index contributed by atoms with van der Waals surface area (Å²) in [5, 5.41) is 7.50. The van der Waals surface area contributed by atoms with Crippen molar-refractivity contribution in [2.24, 2.45) is 4.99 Å². The summed E-state index contributed by atoms with van der Waals surface area (Å²) in [5.41, 5.74) is 2.92. The molecule has 1 aliphatic rings. The van der Waals surface area contributed by atoms with Crippen molar-refractivity contribution in [2.75, 3.05) is 36.4 Å². The number of thiocarbonyl (C=S) groups is 1. The van der Waals surface area contributed by atoms with Crippen LogP contribution in [0.3, 0.4) is 0 Å². The van der Waals surface area contributed by atoms with Crippen molar-refractivity contribution in [1.82, 2.24) is 20.2 Å². The van der Waals surface area contributed by atoms with E-state index in [0.29, 0.717) is 23.6 Å². The molecule has 2 N–H and O–H groups in total. The molecule has 0 atom stereocenters. The van der Waals surface area contributed by atoms with Crippen molar-refractivity contribution < 1.29 is 4.42 Å². The second kappa shape index (κ2) is 10.6. The number of hydrogen-bond donors (Lipinski definition) is 2. The molecule has 10 heteroatoms. The monoisotopic (exact) mass is 483 g/mol. The lowest BCUT2D eigenvalue weighted by Crippen LogP contribution is -2.51. The van der Waals surface area contributed by atoms with E-state index in [0.717, 1.165) is 54.0 Å². The van der Waals surface area contributed by atoms with Crippen molar-refractivity contribution in [1.29, 1.82) is 0 Å². The van der Waals surface area contributed by atoms with Crippen LogP contribution >= 0.6 is 23.8 Å². The molecule has 4 rings (SSSR count). The van der Waals surface area contributed by atoms with E-state index in [1.54, 1.807) is 6.26 Å². The van der Waals surface area contributed by atoms with Gasteiger partial charge in [-0.15, -0.1) is 0 Å². The Bertz CT molecular complexity index is 1090. The Morgan fingerprint density at radius 2 is 1.79 bits per heavy atom. The number of guanidine groups is 1. The van der Waals surface area contributed by atoms with Crippen LogP contribution in [0, 0.1) is 13.8 Å². The summed E-state index contributed by atoms with van der Waals surface area (Å²) < 4.78 is 5.36. The zero-order chi connectivity index (χ0) is 23.2. The molecule has 1 aliphatic heterocycles. The molecule has 2 aromatic heterocycles. The van der Waals surface area contributed by atoms with Crippen molar-refractivity contribution in [3.8, 4) is 0 Å². The van der Waals surface area contributed by atoms with E-state index in [1.165, 1.54) is 0 Å². The minimum atomic E-state index is 0.360. The number of halogens is 1. The highest BCUT2D eigenvalue weighted by atomic mass is 35.5. The van der Waals surface area contributed by atoms with E-state index in [-0.39, 0.29) is 0 Å². The third kappa shape index (κ3) is 6.43. The number of aryl methyl sites for hydroxylation is 2. The van der Waals surface area contributed by atoms with E-state index in [2.05, 4.69) is 35.4 Å². The molecule has 0 unspecified atom stereocenters. The van der Waals surface area contributed by atoms with E-state index in [9.17, 15) is 0 Å². The van der Waals surface area contributed by atoms with Crippen molar-refractivity contribution in [3.05, 3.63) is 70.9 Å². The van der Waals surface area contributed by atoms with Gasteiger partial charge in [0.25, 0.3) is 0 Å². The van der Waals surface area contributed by atoms with Gasteiger partial charge in [0, 0.05) is 48.3 Å². The Kier molecular flexibility index (Phi) is 7.41. The van der Waals surface area contributed by atoms with Gasteiger partial charge in [-0.3, -0.25) is 5.32 Å². The number of aliphatic imine (C=N–C) groups is 1. The highest BCUT2D eigenvalue weighted by molar-refractivity contribution is 7.80. The predicted octanol–water partition coefficient (Wildman–Crippen LogP) is 4.00. The molecule has 0 aliphatic carbocycles. The first kappa shape index (κ1) is 23.0. The zero-order valence-electron chi connectivity index (χ0n) is 18.6. The van der Waals surface area contributed by atoms with Crippen LogP contribution in [-0.4, -0.2) is 52.1 Å². The molecule has 0 bridgehead atoms. The molecule has 33 heavy (non-hydrogen) atoms. The molecule has 3 aromatic rings. The minimum Gasteiger partial charge on any atom is -0.467 e. The molecule has 3 heterocycles. The fourth-order valence-corrected chi connectivity index (χ4v) is 3.88. The molecular weight excluding hydrogens is 458 g/mol. The maximum Gasteiger partial charge on any atom is 0.229 e. The molecule has 8 nitrogen and oxygen atoms in total. The number of nitrogens with one attached hydrogen (secondary N) is 2. The molecule has 1 fully saturated rings. The van der Waals surface area contributed by atoms with Gasteiger partial charge in [-0.05, 0) is 68.5 Å². The van der Waals surface area contributed by atoms with Crippen LogP contribution < -0.4 is 15.5 Å². The highest BCUT2D eigenvalue weighted by Gasteiger charge is 2.21. The van der Waals surface area contributed by atoms with Crippen LogP contribution in [0.4, 0.5) is 11.6 Å². The lowest BCUT2D eigenvalue weighted by Gasteiger charge is -2.37. The lowest BCUT2D eigenvalue weighted by atomic mass is 10.2. The fourth-order valence-electron chi connectivity index (χ4n) is 3.60. The van der Waals surface area contributed by atoms with Gasteiger partial charge in [-0.2, -0.15) is 4.99 Å². The van der Waals surface area contributed by atoms with E-state index in [4.69, 9.17) is 28.2 Å². The number of aromatic nitrogens is 2. The third-order valence-electron chi connectivity index (χ3n) is 5.18. The number of furan rings is 1. The van der Waals surface area contributed by atoms with Gasteiger partial charge in [0.1, 0.15) is 5.76 Å². The van der Waals surface area contributed by atoms with Crippen LogP contribution in [0.15, 0.2) is 58.1 Å². The van der Waals surface area contributed by atoms with Gasteiger partial charge >= 0.3 is 0 Å². The second-order valence-corrected chi connectivity index (χ2v) is 8.55. The number of rotatable bonds is 4. The maximum absolute atomic E-state index is 6.03. The van der Waals surface area contributed by atoms with Crippen LogP contribution in [0.25, 0.3) is 0 Å². The van der Waals surface area contributed by atoms with Crippen molar-refractivity contribution >= 4 is 46.5 Å². The van der Waals surface area contributed by atoms with Gasteiger partial charge in [0.15, 0.2) is 5.11 Å². The summed E-state index contributed by atoms with van der Waals surface area (Å²) in [6.07, 6.45) is 1.63. The molecule has 0 radical (unpaired) electrons. The smallest absolute Gasteiger partial charge is 0.229 e. The normalized spacial score (nSPS) is 14.3. The number of anilines is 2. The van der Waals surface area contributed by atoms with Crippen LogP contribution in [0.5, 0.6) is 0 Å². The Morgan fingerprint density at radius 3 is 2.42 bits per heavy atom. The summed E-state index contributed by atoms with van der Waals surface area (Å²) in [4.78, 5) is 18.1. The zero-order valence-corrected chi connectivity index (χ0v) is 20.2. The van der Waals surface area contributed by atoms with Crippen molar-refractivity contribution in [2.45, 2.75) is 20.4 Å². The summed E-state index contributed by atoms with van der Waals surface area (Å²) in [7, 11) is 0. The Balaban J connectivity index is 1.48. The molecule has 172 valence electrons. The Hall–Kier alpha value is -3.17. The fraction of sp³-hybridized carbons (Fsp3) is 0.304. The average molecular weight is 484 g/mol. The number of piperazine rings is 1. The van der Waals surface area contributed by atoms with E-state index < -0.39 is 0 Å². The SMILES string of the molecule is Cc1cc(C)nc(N/C(=N/C(=S)NCc2ccco2)N2CCN(c3ccc(Cl)cc3)CC2)n1. The van der Waals surface area contributed by atoms with E-state index >= 15 is 0 Å². The Morgan fingerprint density at radius 1 is 1.09 bits per heavy atom. The number of nitrogens with zero attached hydrogens (tertiary/aromatic N) is 5. The first-order valence-corrected chi connectivity index (χ1v) is 11.5. The van der Waals surface area contributed by atoms with E-state index in [1.807, 2.05) is 56.3 Å². The molecule has 1 aromatic carbocycles. The van der Waals surface area contributed by atoms with Gasteiger partial charge < -0.3 is 19.5 Å². The lowest BCUT2D eigenvalue weighted by molar-refractivity contribution is 0.385. The van der Waals surface area contributed by atoms with Crippen LogP contribution in [0.1, 0.15) is 17.1 Å². The standard InChI is InChI=1S/C23H26ClN7OS/c1-16-14-17(2)27-21(26-16)28-22(29-23(33)25-15-20-4-3-13-32-20)31-11-9-30(10-12-31)19-7-5-18(24)6-8-19/h3-8,13-14H,9-12,15H2,1-2H3,(H2,25,26,27,28,29,33). The molecular formula is C23H26ClN7OS. The number of hydrogen-bond acceptors (Lipinski definition) is 5.